The van der Waals surface area contributed by atoms with Crippen LogP contribution in [0.5, 0.6) is 5.75 Å². The van der Waals surface area contributed by atoms with E-state index in [4.69, 9.17) is 4.74 Å². The van der Waals surface area contributed by atoms with Crippen molar-refractivity contribution in [2.45, 2.75) is 89.4 Å². The van der Waals surface area contributed by atoms with Gasteiger partial charge in [-0.25, -0.2) is 13.4 Å². The lowest BCUT2D eigenvalue weighted by Gasteiger charge is -2.40. The van der Waals surface area contributed by atoms with Gasteiger partial charge in [-0.1, -0.05) is 30.3 Å². The molecule has 0 aliphatic carbocycles. The van der Waals surface area contributed by atoms with Crippen LogP contribution < -0.4 is 19.7 Å². The van der Waals surface area contributed by atoms with E-state index in [-0.39, 0.29) is 17.8 Å². The quantitative estimate of drug-likeness (QED) is 0.325. The summed E-state index contributed by atoms with van der Waals surface area (Å²) in [4.78, 5) is 4.37. The minimum atomic E-state index is -3.79. The summed E-state index contributed by atoms with van der Waals surface area (Å²) in [5.41, 5.74) is 2.91. The minimum Gasteiger partial charge on any atom is -0.491 e. The van der Waals surface area contributed by atoms with E-state index in [9.17, 15) is 8.42 Å². The minimum absolute atomic E-state index is 0.0109. The largest absolute Gasteiger partial charge is 0.491 e. The molecule has 206 valence electrons. The topological polar surface area (TPSA) is 83.6 Å². The zero-order chi connectivity index (χ0) is 27.5. The highest BCUT2D eigenvalue weighted by Crippen LogP contribution is 2.35. The van der Waals surface area contributed by atoms with Crippen LogP contribution in [0, 0.1) is 13.8 Å². The number of sulfonamides is 1. The van der Waals surface area contributed by atoms with Crippen LogP contribution in [0.2, 0.25) is 0 Å². The van der Waals surface area contributed by atoms with Crippen molar-refractivity contribution in [3.8, 4) is 5.75 Å². The van der Waals surface area contributed by atoms with Crippen molar-refractivity contribution in [3.63, 3.8) is 0 Å². The maximum absolute atomic E-state index is 13.9. The summed E-state index contributed by atoms with van der Waals surface area (Å²) in [7, 11) is -3.79. The van der Waals surface area contributed by atoms with E-state index in [0.717, 1.165) is 42.1 Å². The van der Waals surface area contributed by atoms with Crippen LogP contribution in [0.3, 0.4) is 0 Å². The van der Waals surface area contributed by atoms with Gasteiger partial charge in [0.25, 0.3) is 10.0 Å². The number of rotatable bonds is 10. The Morgan fingerprint density at radius 3 is 2.42 bits per heavy atom. The summed E-state index contributed by atoms with van der Waals surface area (Å²) in [6, 6.07) is 15.9. The van der Waals surface area contributed by atoms with Crippen LogP contribution in [0.4, 0.5) is 5.69 Å². The molecule has 38 heavy (non-hydrogen) atoms. The van der Waals surface area contributed by atoms with Gasteiger partial charge in [0.15, 0.2) is 4.21 Å². The molecular formula is C29H40N4O3S2. The molecule has 7 nitrogen and oxygen atoms in total. The Morgan fingerprint density at radius 1 is 1.11 bits per heavy atom. The maximum Gasteiger partial charge on any atom is 0.275 e. The first-order valence-corrected chi connectivity index (χ1v) is 15.6. The fourth-order valence-electron chi connectivity index (χ4n) is 5.14. The second-order valence-corrected chi connectivity index (χ2v) is 13.7. The molecule has 9 heteroatoms. The van der Waals surface area contributed by atoms with Gasteiger partial charge in [0.05, 0.1) is 28.2 Å². The predicted molar refractivity (Wildman–Crippen MR) is 155 cm³/mol. The molecule has 1 atom stereocenters. The average molecular weight is 557 g/mol. The number of hydrogen-bond donors (Lipinski definition) is 2. The number of ether oxygens (including phenoxy) is 1. The Balaban J connectivity index is 1.73. The van der Waals surface area contributed by atoms with Crippen molar-refractivity contribution in [2.75, 3.05) is 10.8 Å². The summed E-state index contributed by atoms with van der Waals surface area (Å²) in [6.07, 6.45) is 3.22. The van der Waals surface area contributed by atoms with Crippen molar-refractivity contribution in [3.05, 3.63) is 70.4 Å². The number of piperidine rings is 1. The van der Waals surface area contributed by atoms with Crippen LogP contribution in [0.1, 0.15) is 68.8 Å². The SMILES string of the molecule is Cc1nc(C)c(S(=O)(=O)N(c2ccc(OC(C)C)c(CN[C@]3(c4ccccc4)CCCCN3)c2)C(C)C)s1. The molecular weight excluding hydrogens is 516 g/mol. The third-order valence-electron chi connectivity index (χ3n) is 6.74. The molecule has 2 aromatic carbocycles. The molecule has 4 rings (SSSR count). The normalized spacial score (nSPS) is 18.2. The molecule has 1 aliphatic rings. The summed E-state index contributed by atoms with van der Waals surface area (Å²) >= 11 is 1.22. The monoisotopic (exact) mass is 556 g/mol. The summed E-state index contributed by atoms with van der Waals surface area (Å²) < 4.78 is 35.7. The molecule has 0 bridgehead atoms. The molecule has 0 radical (unpaired) electrons. The summed E-state index contributed by atoms with van der Waals surface area (Å²) in [5, 5.41) is 8.26. The van der Waals surface area contributed by atoms with E-state index in [0.29, 0.717) is 22.1 Å². The van der Waals surface area contributed by atoms with Gasteiger partial charge in [-0.3, -0.25) is 14.9 Å². The fraction of sp³-hybridized carbons (Fsp3) is 0.483. The van der Waals surface area contributed by atoms with Crippen LogP contribution in [-0.4, -0.2) is 32.1 Å². The molecule has 0 spiro atoms. The van der Waals surface area contributed by atoms with Crippen molar-refractivity contribution in [1.82, 2.24) is 15.6 Å². The second kappa shape index (κ2) is 11.7. The third-order valence-corrected chi connectivity index (χ3v) is 10.4. The highest BCUT2D eigenvalue weighted by atomic mass is 32.2. The number of nitrogens with one attached hydrogen (secondary N) is 2. The molecule has 1 fully saturated rings. The highest BCUT2D eigenvalue weighted by molar-refractivity contribution is 7.94. The number of hydrogen-bond acceptors (Lipinski definition) is 7. The fourth-order valence-corrected chi connectivity index (χ4v) is 8.35. The number of aryl methyl sites for hydroxylation is 2. The number of nitrogens with zero attached hydrogens (tertiary/aromatic N) is 2. The lowest BCUT2D eigenvalue weighted by Crippen LogP contribution is -2.56. The van der Waals surface area contributed by atoms with Gasteiger partial charge in [-0.05, 0) is 91.1 Å². The van der Waals surface area contributed by atoms with Gasteiger partial charge >= 0.3 is 0 Å². The van der Waals surface area contributed by atoms with Crippen LogP contribution in [0.15, 0.2) is 52.7 Å². The van der Waals surface area contributed by atoms with Crippen molar-refractivity contribution < 1.29 is 13.2 Å². The van der Waals surface area contributed by atoms with Gasteiger partial charge in [0.1, 0.15) is 5.75 Å². The lowest BCUT2D eigenvalue weighted by molar-refractivity contribution is 0.195. The third kappa shape index (κ3) is 6.06. The molecule has 2 heterocycles. The van der Waals surface area contributed by atoms with E-state index in [1.54, 1.807) is 6.92 Å². The smallest absolute Gasteiger partial charge is 0.275 e. The van der Waals surface area contributed by atoms with Gasteiger partial charge in [0, 0.05) is 18.2 Å². The Morgan fingerprint density at radius 2 is 1.84 bits per heavy atom. The Kier molecular flexibility index (Phi) is 8.82. The lowest BCUT2D eigenvalue weighted by atomic mass is 9.89. The zero-order valence-electron chi connectivity index (χ0n) is 23.2. The van der Waals surface area contributed by atoms with Crippen LogP contribution >= 0.6 is 11.3 Å². The summed E-state index contributed by atoms with van der Waals surface area (Å²) in [6.45, 7) is 12.8. The highest BCUT2D eigenvalue weighted by Gasteiger charge is 2.34. The maximum atomic E-state index is 13.9. The molecule has 2 N–H and O–H groups in total. The van der Waals surface area contributed by atoms with Crippen molar-refractivity contribution in [1.29, 1.82) is 0 Å². The van der Waals surface area contributed by atoms with Crippen molar-refractivity contribution in [2.24, 2.45) is 0 Å². The molecule has 1 saturated heterocycles. The first kappa shape index (κ1) is 28.5. The average Bonchev–Trinajstić information content (AvgIpc) is 3.23. The van der Waals surface area contributed by atoms with Crippen molar-refractivity contribution >= 4 is 27.0 Å². The van der Waals surface area contributed by atoms with Gasteiger partial charge in [0.2, 0.25) is 0 Å². The predicted octanol–water partition coefficient (Wildman–Crippen LogP) is 5.87. The van der Waals surface area contributed by atoms with Gasteiger partial charge < -0.3 is 4.74 Å². The van der Waals surface area contributed by atoms with E-state index in [1.165, 1.54) is 21.2 Å². The number of anilines is 1. The standard InChI is InChI=1S/C29H40N4O3S2/c1-20(2)33(38(34,35)28-22(5)32-23(6)37-28)26-14-15-27(36-21(3)4)24(18-26)19-31-29(16-10-11-17-30-29)25-12-8-7-9-13-25/h7-9,12-15,18,20-21,30-31H,10-11,16-17,19H2,1-6H3/t29-/m0/s1. The number of thiazole rings is 1. The number of aromatic nitrogens is 1. The first-order valence-electron chi connectivity index (χ1n) is 13.4. The van der Waals surface area contributed by atoms with E-state index >= 15 is 0 Å². The van der Waals surface area contributed by atoms with E-state index in [1.807, 2.05) is 58.9 Å². The zero-order valence-corrected chi connectivity index (χ0v) is 24.9. The molecule has 0 saturated carbocycles. The van der Waals surface area contributed by atoms with E-state index < -0.39 is 10.0 Å². The Labute approximate surface area is 231 Å². The Hall–Kier alpha value is -2.46. The summed E-state index contributed by atoms with van der Waals surface area (Å²) in [5.74, 6) is 0.751. The van der Waals surface area contributed by atoms with Crippen LogP contribution in [0.25, 0.3) is 0 Å². The molecule has 0 unspecified atom stereocenters. The van der Waals surface area contributed by atoms with Gasteiger partial charge in [-0.2, -0.15) is 0 Å². The molecule has 3 aromatic rings. The van der Waals surface area contributed by atoms with Crippen LogP contribution in [-0.2, 0) is 22.2 Å². The molecule has 1 aliphatic heterocycles. The second-order valence-electron chi connectivity index (χ2n) is 10.5. The van der Waals surface area contributed by atoms with Gasteiger partial charge in [-0.15, -0.1) is 11.3 Å². The first-order chi connectivity index (χ1) is 18.0. The number of benzene rings is 2. The van der Waals surface area contributed by atoms with E-state index in [2.05, 4.69) is 39.9 Å². The Bertz CT molecular complexity index is 1330. The molecule has 1 aromatic heterocycles. The molecule has 0 amide bonds.